The van der Waals surface area contributed by atoms with E-state index in [0.717, 1.165) is 42.2 Å². The standard InChI is InChI=1S/C40H48F2N3O7.Li/c1-3-5-6-7-8-9-10-11-12-13-14-15-36(47)44-32-20-17-29(18-21-32)40(50)52-38-35(28-46)45(22-24-51-23-4-2)27-33(37(38)48)39(49)43-26-30-16-19-31(41)25-34(30)42;/h4,16-21,24-25,27H,3,5-15,22-23,26H2,1-2H3,(H,43,49)(H,44,47);/q-3;+1. The number of anilines is 1. The van der Waals surface area contributed by atoms with E-state index in [1.807, 2.05) is 0 Å². The Balaban J connectivity index is 0.00000972. The molecule has 0 saturated heterocycles. The maximum Gasteiger partial charge on any atom is 1.00 e. The number of hydrogen-bond donors (Lipinski definition) is 2. The molecule has 3 rings (SSSR count). The van der Waals surface area contributed by atoms with Crippen molar-refractivity contribution in [2.45, 2.75) is 104 Å². The average Bonchev–Trinajstić information content (AvgIpc) is 3.13. The van der Waals surface area contributed by atoms with Gasteiger partial charge in [-0.2, -0.15) is 13.5 Å². The number of benzene rings is 2. The first-order valence-electron chi connectivity index (χ1n) is 17.9. The van der Waals surface area contributed by atoms with Gasteiger partial charge in [-0.15, -0.1) is 6.61 Å². The molecule has 0 spiro atoms. The van der Waals surface area contributed by atoms with Crippen LogP contribution in [0.15, 0.2) is 53.5 Å². The van der Waals surface area contributed by atoms with E-state index in [2.05, 4.69) is 17.6 Å². The smallest absolute Gasteiger partial charge is 0.576 e. The molecule has 2 aromatic carbocycles. The Morgan fingerprint density at radius 3 is 2.15 bits per heavy atom. The monoisotopic (exact) mass is 727 g/mol. The van der Waals surface area contributed by atoms with Crippen LogP contribution in [0.2, 0.25) is 0 Å². The van der Waals surface area contributed by atoms with Crippen molar-refractivity contribution in [2.24, 2.45) is 0 Å². The number of rotatable bonds is 24. The number of unbranched alkanes of at least 4 members (excludes halogenated alkanes) is 10. The SMILES string of the molecule is C[CH-]CO[CH-]Cn1cc(C(=O)NCc2ccc(F)cc2F)c(=O)c(OC(=O)c2ccc(NC(=O)CCCCCCCCCCCCC)cc2)c1[C-]=O.[Li+]. The minimum Gasteiger partial charge on any atom is -0.576 e. The second kappa shape index (κ2) is 25.0. The molecule has 2 N–H and O–H groups in total. The Kier molecular flexibility index (Phi) is 21.3. The summed E-state index contributed by atoms with van der Waals surface area (Å²) in [5, 5.41) is 5.20. The van der Waals surface area contributed by atoms with E-state index in [1.54, 1.807) is 19.6 Å². The number of esters is 1. The molecule has 0 aliphatic heterocycles. The Labute approximate surface area is 322 Å². The summed E-state index contributed by atoms with van der Waals surface area (Å²) in [6.07, 6.45) is 17.8. The van der Waals surface area contributed by atoms with E-state index < -0.39 is 45.9 Å². The second-order valence-corrected chi connectivity index (χ2v) is 12.4. The fourth-order valence-electron chi connectivity index (χ4n) is 5.39. The molecule has 0 saturated carbocycles. The van der Waals surface area contributed by atoms with Crippen LogP contribution in [0.25, 0.3) is 0 Å². The molecule has 3 aromatic rings. The van der Waals surface area contributed by atoms with Crippen LogP contribution in [-0.4, -0.2) is 35.2 Å². The van der Waals surface area contributed by atoms with Gasteiger partial charge in [-0.05, 0) is 42.4 Å². The summed E-state index contributed by atoms with van der Waals surface area (Å²) in [5.74, 6) is -4.56. The van der Waals surface area contributed by atoms with E-state index in [4.69, 9.17) is 9.47 Å². The van der Waals surface area contributed by atoms with Gasteiger partial charge in [0.05, 0.1) is 11.1 Å². The number of pyridine rings is 1. The molecule has 0 bridgehead atoms. The molecule has 0 aliphatic rings. The average molecular weight is 728 g/mol. The molecule has 282 valence electrons. The van der Waals surface area contributed by atoms with E-state index in [0.29, 0.717) is 18.2 Å². The molecule has 0 radical (unpaired) electrons. The number of carbonyl (C=O) groups excluding carboxylic acids is 4. The van der Waals surface area contributed by atoms with Gasteiger partial charge < -0.3 is 40.7 Å². The maximum absolute atomic E-state index is 14.1. The van der Waals surface area contributed by atoms with Crippen molar-refractivity contribution < 1.29 is 56.3 Å². The zero-order valence-corrected chi connectivity index (χ0v) is 30.9. The summed E-state index contributed by atoms with van der Waals surface area (Å²) in [4.78, 5) is 64.3. The van der Waals surface area contributed by atoms with Crippen LogP contribution in [0.4, 0.5) is 14.5 Å². The van der Waals surface area contributed by atoms with E-state index in [1.165, 1.54) is 82.2 Å². The quantitative estimate of drug-likeness (QED) is 0.0588. The Morgan fingerprint density at radius 2 is 1.55 bits per heavy atom. The number of aromatic nitrogens is 1. The number of hydrogen-bond acceptors (Lipinski definition) is 7. The van der Waals surface area contributed by atoms with Gasteiger partial charge in [-0.25, -0.2) is 13.6 Å². The van der Waals surface area contributed by atoms with Gasteiger partial charge in [0.25, 0.3) is 5.91 Å². The van der Waals surface area contributed by atoms with Crippen molar-refractivity contribution >= 4 is 29.8 Å². The number of ether oxygens (including phenoxy) is 2. The summed E-state index contributed by atoms with van der Waals surface area (Å²) >= 11 is 0. The first-order chi connectivity index (χ1) is 25.2. The number of nitrogens with one attached hydrogen (secondary N) is 2. The molecule has 0 aliphatic carbocycles. The largest absolute Gasteiger partial charge is 1.00 e. The van der Waals surface area contributed by atoms with Crippen molar-refractivity contribution in [3.8, 4) is 5.75 Å². The van der Waals surface area contributed by atoms with E-state index >= 15 is 0 Å². The van der Waals surface area contributed by atoms with E-state index in [-0.39, 0.29) is 55.6 Å². The van der Waals surface area contributed by atoms with Gasteiger partial charge in [0, 0.05) is 48.5 Å². The van der Waals surface area contributed by atoms with Gasteiger partial charge in [0.1, 0.15) is 11.6 Å². The van der Waals surface area contributed by atoms with Crippen LogP contribution in [0, 0.1) is 24.7 Å². The molecular formula is C40H48F2LiN3O7-2. The first-order valence-corrected chi connectivity index (χ1v) is 17.9. The Bertz CT molecular complexity index is 1680. The van der Waals surface area contributed by atoms with Gasteiger partial charge >= 0.3 is 24.8 Å². The van der Waals surface area contributed by atoms with Gasteiger partial charge in [0.15, 0.2) is 5.43 Å². The summed E-state index contributed by atoms with van der Waals surface area (Å²) in [7, 11) is 0. The summed E-state index contributed by atoms with van der Waals surface area (Å²) in [6.45, 7) is 5.02. The van der Waals surface area contributed by atoms with E-state index in [9.17, 15) is 32.8 Å². The minimum atomic E-state index is -1.09. The predicted molar refractivity (Wildman–Crippen MR) is 194 cm³/mol. The molecule has 13 heteroatoms. The number of amides is 2. The molecule has 53 heavy (non-hydrogen) atoms. The van der Waals surface area contributed by atoms with Crippen LogP contribution in [-0.2, 0) is 27.4 Å². The number of nitrogens with zero attached hydrogens (tertiary/aromatic N) is 1. The predicted octanol–water partition coefficient (Wildman–Crippen LogP) is 4.78. The summed E-state index contributed by atoms with van der Waals surface area (Å²) in [6, 6.07) is 8.62. The number of carbonyl (C=O) groups is 3. The van der Waals surface area contributed by atoms with Crippen molar-refractivity contribution in [1.82, 2.24) is 9.88 Å². The zero-order chi connectivity index (χ0) is 37.7. The zero-order valence-electron chi connectivity index (χ0n) is 30.9. The van der Waals surface area contributed by atoms with Crippen LogP contribution in [0.3, 0.4) is 0 Å². The van der Waals surface area contributed by atoms with Crippen molar-refractivity contribution in [2.75, 3.05) is 11.9 Å². The van der Waals surface area contributed by atoms with Crippen LogP contribution >= 0.6 is 0 Å². The van der Waals surface area contributed by atoms with Crippen molar-refractivity contribution in [3.63, 3.8) is 0 Å². The third kappa shape index (κ3) is 15.4. The van der Waals surface area contributed by atoms with Crippen LogP contribution in [0.1, 0.15) is 123 Å². The maximum atomic E-state index is 14.1. The molecule has 2 amide bonds. The molecule has 0 fully saturated rings. The molecular weight excluding hydrogens is 679 g/mol. The van der Waals surface area contributed by atoms with Crippen LogP contribution < -0.4 is 39.7 Å². The normalized spacial score (nSPS) is 10.7. The van der Waals surface area contributed by atoms with Crippen LogP contribution in [0.5, 0.6) is 5.75 Å². The minimum absolute atomic E-state index is 0. The van der Waals surface area contributed by atoms with Crippen molar-refractivity contribution in [3.05, 3.63) is 106 Å². The third-order valence-electron chi connectivity index (χ3n) is 8.29. The Hall–Kier alpha value is -4.11. The van der Waals surface area contributed by atoms with Gasteiger partial charge in [-0.3, -0.25) is 9.59 Å². The summed E-state index contributed by atoms with van der Waals surface area (Å²) in [5.41, 5.74) is -1.63. The van der Waals surface area contributed by atoms with Gasteiger partial charge in [0.2, 0.25) is 5.91 Å². The topological polar surface area (TPSA) is 133 Å². The van der Waals surface area contributed by atoms with Gasteiger partial charge in [-0.1, -0.05) is 83.7 Å². The molecule has 1 heterocycles. The first kappa shape index (κ1) is 45.0. The fraction of sp³-hybridized carbons (Fsp3) is 0.425. The summed E-state index contributed by atoms with van der Waals surface area (Å²) < 4.78 is 39.3. The molecule has 1 aromatic heterocycles. The molecule has 0 unspecified atom stereocenters. The third-order valence-corrected chi connectivity index (χ3v) is 8.29. The fourth-order valence-corrected chi connectivity index (χ4v) is 5.39. The van der Waals surface area contributed by atoms with Crippen molar-refractivity contribution in [1.29, 1.82) is 0 Å². The molecule has 10 nitrogen and oxygen atoms in total. The number of halogens is 2. The Morgan fingerprint density at radius 1 is 0.906 bits per heavy atom. The molecule has 0 atom stereocenters. The second-order valence-electron chi connectivity index (χ2n) is 12.4.